The van der Waals surface area contributed by atoms with Gasteiger partial charge in [-0.05, 0) is 12.0 Å². The molecule has 0 aromatic heterocycles. The Labute approximate surface area is 97.7 Å². The highest BCUT2D eigenvalue weighted by atomic mass is 19.4. The van der Waals surface area contributed by atoms with Crippen molar-refractivity contribution in [3.63, 3.8) is 0 Å². The number of nitrogens with zero attached hydrogens (tertiary/aromatic N) is 1. The number of aliphatic hydroxyl groups is 1. The Bertz CT molecular complexity index is 379. The van der Waals surface area contributed by atoms with Crippen LogP contribution in [0.15, 0.2) is 30.3 Å². The van der Waals surface area contributed by atoms with Crippen LogP contribution in [0.25, 0.3) is 0 Å². The van der Waals surface area contributed by atoms with E-state index in [-0.39, 0.29) is 19.5 Å². The molecular formula is C12H14F3NO. The van der Waals surface area contributed by atoms with Crippen LogP contribution in [-0.2, 0) is 6.54 Å². The predicted molar refractivity (Wildman–Crippen MR) is 57.3 cm³/mol. The van der Waals surface area contributed by atoms with Gasteiger partial charge in [0.05, 0.1) is 0 Å². The zero-order valence-corrected chi connectivity index (χ0v) is 9.24. The van der Waals surface area contributed by atoms with E-state index < -0.39 is 11.8 Å². The highest BCUT2D eigenvalue weighted by Crippen LogP contribution is 2.37. The molecule has 1 heterocycles. The largest absolute Gasteiger partial charge is 0.418 e. The van der Waals surface area contributed by atoms with E-state index in [4.69, 9.17) is 0 Å². The number of benzene rings is 1. The second kappa shape index (κ2) is 4.31. The lowest BCUT2D eigenvalue weighted by Gasteiger charge is -2.26. The molecule has 94 valence electrons. The molecule has 1 aromatic rings. The summed E-state index contributed by atoms with van der Waals surface area (Å²) in [5.74, 6) is 0. The van der Waals surface area contributed by atoms with Crippen molar-refractivity contribution < 1.29 is 18.3 Å². The molecule has 0 aliphatic carbocycles. The first-order valence-electron chi connectivity index (χ1n) is 5.46. The van der Waals surface area contributed by atoms with Crippen molar-refractivity contribution in [1.29, 1.82) is 0 Å². The molecule has 1 aliphatic heterocycles. The molecule has 1 N–H and O–H groups in total. The van der Waals surface area contributed by atoms with E-state index in [0.29, 0.717) is 6.54 Å². The molecule has 0 spiro atoms. The normalized spacial score (nSPS) is 26.4. The van der Waals surface area contributed by atoms with Crippen LogP contribution in [0.5, 0.6) is 0 Å². The third kappa shape index (κ3) is 2.61. The van der Waals surface area contributed by atoms with Crippen molar-refractivity contribution in [2.75, 3.05) is 13.1 Å². The predicted octanol–water partition coefficient (Wildman–Crippen LogP) is 2.19. The van der Waals surface area contributed by atoms with Crippen molar-refractivity contribution >= 4 is 0 Å². The molecule has 0 amide bonds. The monoisotopic (exact) mass is 245 g/mol. The molecule has 5 heteroatoms. The third-order valence-electron chi connectivity index (χ3n) is 3.10. The van der Waals surface area contributed by atoms with E-state index >= 15 is 0 Å². The Morgan fingerprint density at radius 1 is 1.24 bits per heavy atom. The molecule has 1 saturated heterocycles. The van der Waals surface area contributed by atoms with Gasteiger partial charge in [-0.3, -0.25) is 4.90 Å². The first-order valence-corrected chi connectivity index (χ1v) is 5.46. The summed E-state index contributed by atoms with van der Waals surface area (Å²) >= 11 is 0. The first-order chi connectivity index (χ1) is 7.91. The smallest absolute Gasteiger partial charge is 0.379 e. The minimum Gasteiger partial charge on any atom is -0.379 e. The number of rotatable bonds is 2. The molecule has 2 nitrogen and oxygen atoms in total. The molecule has 0 bridgehead atoms. The molecule has 1 aliphatic rings. The molecular weight excluding hydrogens is 231 g/mol. The highest BCUT2D eigenvalue weighted by molar-refractivity contribution is 5.15. The van der Waals surface area contributed by atoms with E-state index in [9.17, 15) is 18.3 Å². The number of alkyl halides is 3. The Balaban J connectivity index is 1.99. The highest BCUT2D eigenvalue weighted by Gasteiger charge is 2.56. The standard InChI is InChI=1S/C12H14F3NO/c13-12(14,15)11(17)6-7-16(9-11)8-10-4-2-1-3-5-10/h1-5,17H,6-9H2/t11-/m0/s1. The van der Waals surface area contributed by atoms with Crippen LogP contribution in [0.4, 0.5) is 13.2 Å². The third-order valence-corrected chi connectivity index (χ3v) is 3.10. The van der Waals surface area contributed by atoms with Gasteiger partial charge in [-0.15, -0.1) is 0 Å². The Morgan fingerprint density at radius 2 is 1.88 bits per heavy atom. The van der Waals surface area contributed by atoms with E-state index in [0.717, 1.165) is 5.56 Å². The molecule has 1 atom stereocenters. The van der Waals surface area contributed by atoms with Crippen LogP contribution in [0.2, 0.25) is 0 Å². The molecule has 1 aromatic carbocycles. The van der Waals surface area contributed by atoms with Crippen LogP contribution in [0.3, 0.4) is 0 Å². The number of likely N-dealkylation sites (tertiary alicyclic amines) is 1. The van der Waals surface area contributed by atoms with Crippen molar-refractivity contribution in [2.45, 2.75) is 24.7 Å². The number of halogens is 3. The summed E-state index contributed by atoms with van der Waals surface area (Å²) in [5.41, 5.74) is -1.58. The second-order valence-electron chi connectivity index (χ2n) is 4.48. The van der Waals surface area contributed by atoms with Crippen molar-refractivity contribution in [3.8, 4) is 0 Å². The summed E-state index contributed by atoms with van der Waals surface area (Å²) in [5, 5.41) is 9.51. The van der Waals surface area contributed by atoms with Gasteiger partial charge in [-0.1, -0.05) is 30.3 Å². The van der Waals surface area contributed by atoms with Gasteiger partial charge < -0.3 is 5.11 Å². The Morgan fingerprint density at radius 3 is 2.41 bits per heavy atom. The van der Waals surface area contributed by atoms with E-state index in [1.54, 1.807) is 4.90 Å². The maximum atomic E-state index is 12.6. The van der Waals surface area contributed by atoms with E-state index in [1.165, 1.54) is 0 Å². The summed E-state index contributed by atoms with van der Waals surface area (Å²) in [6.07, 6.45) is -4.79. The molecule has 2 rings (SSSR count). The number of hydrogen-bond acceptors (Lipinski definition) is 2. The summed E-state index contributed by atoms with van der Waals surface area (Å²) < 4.78 is 37.7. The Kier molecular flexibility index (Phi) is 3.14. The summed E-state index contributed by atoms with van der Waals surface area (Å²) in [4.78, 5) is 1.63. The van der Waals surface area contributed by atoms with Gasteiger partial charge in [-0.25, -0.2) is 0 Å². The van der Waals surface area contributed by atoms with Crippen LogP contribution in [0, 0.1) is 0 Å². The zero-order chi connectivity index (χ0) is 12.5. The quantitative estimate of drug-likeness (QED) is 0.863. The first kappa shape index (κ1) is 12.4. The van der Waals surface area contributed by atoms with Gasteiger partial charge in [0.15, 0.2) is 5.60 Å². The van der Waals surface area contributed by atoms with Gasteiger partial charge >= 0.3 is 6.18 Å². The number of β-amino-alcohol motifs (C(OH)–C–C–N with tert-alkyl or cyclic N) is 1. The number of hydrogen-bond donors (Lipinski definition) is 1. The summed E-state index contributed by atoms with van der Waals surface area (Å²) in [7, 11) is 0. The molecule has 0 unspecified atom stereocenters. The average molecular weight is 245 g/mol. The van der Waals surface area contributed by atoms with Gasteiger partial charge in [0.2, 0.25) is 0 Å². The van der Waals surface area contributed by atoms with Crippen molar-refractivity contribution in [1.82, 2.24) is 4.90 Å². The average Bonchev–Trinajstić information content (AvgIpc) is 2.62. The maximum Gasteiger partial charge on any atom is 0.418 e. The maximum absolute atomic E-state index is 12.6. The fourth-order valence-corrected chi connectivity index (χ4v) is 2.08. The zero-order valence-electron chi connectivity index (χ0n) is 9.24. The topological polar surface area (TPSA) is 23.5 Å². The van der Waals surface area contributed by atoms with Gasteiger partial charge in [0, 0.05) is 19.6 Å². The second-order valence-corrected chi connectivity index (χ2v) is 4.48. The SMILES string of the molecule is O[C@@]1(C(F)(F)F)CCN(Cc2ccccc2)C1. The summed E-state index contributed by atoms with van der Waals surface area (Å²) in [6, 6.07) is 9.29. The minimum atomic E-state index is -4.54. The summed E-state index contributed by atoms with van der Waals surface area (Å²) in [6.45, 7) is 0.371. The fraction of sp³-hybridized carbons (Fsp3) is 0.500. The van der Waals surface area contributed by atoms with Crippen LogP contribution < -0.4 is 0 Å². The lowest BCUT2D eigenvalue weighted by Crippen LogP contribution is -2.47. The van der Waals surface area contributed by atoms with Gasteiger partial charge in [0.25, 0.3) is 0 Å². The van der Waals surface area contributed by atoms with Crippen LogP contribution >= 0.6 is 0 Å². The van der Waals surface area contributed by atoms with Gasteiger partial charge in [-0.2, -0.15) is 13.2 Å². The lowest BCUT2D eigenvalue weighted by atomic mass is 10.0. The molecule has 17 heavy (non-hydrogen) atoms. The molecule has 0 saturated carbocycles. The fourth-order valence-electron chi connectivity index (χ4n) is 2.08. The minimum absolute atomic E-state index is 0.247. The Hall–Kier alpha value is -1.07. The van der Waals surface area contributed by atoms with Gasteiger partial charge in [0.1, 0.15) is 0 Å². The lowest BCUT2D eigenvalue weighted by molar-refractivity contribution is -0.254. The van der Waals surface area contributed by atoms with Crippen LogP contribution in [-0.4, -0.2) is 34.9 Å². The van der Waals surface area contributed by atoms with Crippen molar-refractivity contribution in [3.05, 3.63) is 35.9 Å². The van der Waals surface area contributed by atoms with E-state index in [1.807, 2.05) is 30.3 Å². The molecule has 1 fully saturated rings. The van der Waals surface area contributed by atoms with Crippen LogP contribution in [0.1, 0.15) is 12.0 Å². The molecule has 0 radical (unpaired) electrons. The van der Waals surface area contributed by atoms with Crippen molar-refractivity contribution in [2.24, 2.45) is 0 Å². The van der Waals surface area contributed by atoms with E-state index in [2.05, 4.69) is 0 Å².